The SMILES string of the molecule is CCCOc1c(C[NH3+])cccc1OC. The minimum absolute atomic E-state index is 0.716. The summed E-state index contributed by atoms with van der Waals surface area (Å²) in [5.74, 6) is 1.63. The average Bonchev–Trinajstić information content (AvgIpc) is 2.25. The zero-order valence-electron chi connectivity index (χ0n) is 8.88. The smallest absolute Gasteiger partial charge is 0.169 e. The van der Waals surface area contributed by atoms with E-state index in [2.05, 4.69) is 12.7 Å². The van der Waals surface area contributed by atoms with Crippen LogP contribution in [-0.4, -0.2) is 13.7 Å². The Hall–Kier alpha value is -1.22. The molecule has 1 aromatic rings. The molecule has 0 bridgehead atoms. The molecule has 0 fully saturated rings. The standard InChI is InChI=1S/C11H17NO2/c1-3-7-14-11-9(8-12)5-4-6-10(11)13-2/h4-6H,3,7-8,12H2,1-2H3/p+1. The Balaban J connectivity index is 2.93. The first-order valence-electron chi connectivity index (χ1n) is 4.91. The van der Waals surface area contributed by atoms with Crippen molar-refractivity contribution in [3.8, 4) is 11.5 Å². The predicted octanol–water partition coefficient (Wildman–Crippen LogP) is 1.23. The van der Waals surface area contributed by atoms with Gasteiger partial charge in [-0.2, -0.15) is 0 Å². The van der Waals surface area contributed by atoms with E-state index in [1.165, 1.54) is 0 Å². The van der Waals surface area contributed by atoms with E-state index in [0.29, 0.717) is 6.61 Å². The fourth-order valence-electron chi connectivity index (χ4n) is 1.29. The highest BCUT2D eigenvalue weighted by atomic mass is 16.5. The van der Waals surface area contributed by atoms with E-state index >= 15 is 0 Å². The summed E-state index contributed by atoms with van der Waals surface area (Å²) in [7, 11) is 1.65. The van der Waals surface area contributed by atoms with Crippen molar-refractivity contribution >= 4 is 0 Å². The van der Waals surface area contributed by atoms with Crippen LogP contribution in [0.25, 0.3) is 0 Å². The Kier molecular flexibility index (Phi) is 4.26. The number of rotatable bonds is 5. The van der Waals surface area contributed by atoms with Gasteiger partial charge in [0.2, 0.25) is 0 Å². The van der Waals surface area contributed by atoms with Gasteiger partial charge in [-0.1, -0.05) is 13.0 Å². The van der Waals surface area contributed by atoms with Crippen molar-refractivity contribution in [2.75, 3.05) is 13.7 Å². The van der Waals surface area contributed by atoms with E-state index in [1.54, 1.807) is 7.11 Å². The monoisotopic (exact) mass is 196 g/mol. The molecule has 0 aromatic heterocycles. The average molecular weight is 196 g/mol. The molecule has 78 valence electrons. The third-order valence-corrected chi connectivity index (χ3v) is 2.00. The van der Waals surface area contributed by atoms with Crippen LogP contribution in [0.1, 0.15) is 18.9 Å². The first-order chi connectivity index (χ1) is 6.83. The van der Waals surface area contributed by atoms with Gasteiger partial charge in [0.15, 0.2) is 11.5 Å². The molecule has 0 radical (unpaired) electrons. The van der Waals surface area contributed by atoms with Gasteiger partial charge < -0.3 is 15.2 Å². The Bertz CT molecular complexity index is 264. The highest BCUT2D eigenvalue weighted by molar-refractivity contribution is 5.46. The second kappa shape index (κ2) is 5.50. The molecule has 0 aliphatic rings. The molecule has 0 atom stereocenters. The Morgan fingerprint density at radius 1 is 1.36 bits per heavy atom. The lowest BCUT2D eigenvalue weighted by Gasteiger charge is -2.12. The van der Waals surface area contributed by atoms with Crippen LogP contribution in [0.3, 0.4) is 0 Å². The number of benzene rings is 1. The topological polar surface area (TPSA) is 46.1 Å². The van der Waals surface area contributed by atoms with Gasteiger partial charge >= 0.3 is 0 Å². The van der Waals surface area contributed by atoms with Gasteiger partial charge in [-0.3, -0.25) is 0 Å². The summed E-state index contributed by atoms with van der Waals surface area (Å²) < 4.78 is 10.9. The number of para-hydroxylation sites is 1. The van der Waals surface area contributed by atoms with E-state index < -0.39 is 0 Å². The molecular weight excluding hydrogens is 178 g/mol. The maximum atomic E-state index is 5.63. The highest BCUT2D eigenvalue weighted by Crippen LogP contribution is 2.30. The summed E-state index contributed by atoms with van der Waals surface area (Å²) in [4.78, 5) is 0. The molecule has 0 aliphatic heterocycles. The van der Waals surface area contributed by atoms with Crippen molar-refractivity contribution in [2.24, 2.45) is 0 Å². The summed E-state index contributed by atoms with van der Waals surface area (Å²) in [6, 6.07) is 5.88. The summed E-state index contributed by atoms with van der Waals surface area (Å²) in [6.45, 7) is 3.52. The number of methoxy groups -OCH3 is 1. The van der Waals surface area contributed by atoms with Gasteiger partial charge in [0, 0.05) is 0 Å². The van der Waals surface area contributed by atoms with E-state index in [9.17, 15) is 0 Å². The quantitative estimate of drug-likeness (QED) is 0.769. The summed E-state index contributed by atoms with van der Waals surface area (Å²) >= 11 is 0. The highest BCUT2D eigenvalue weighted by Gasteiger charge is 2.09. The van der Waals surface area contributed by atoms with Gasteiger partial charge in [0.25, 0.3) is 0 Å². The molecule has 0 aliphatic carbocycles. The van der Waals surface area contributed by atoms with Crippen LogP contribution in [-0.2, 0) is 6.54 Å². The fraction of sp³-hybridized carbons (Fsp3) is 0.455. The molecule has 0 saturated heterocycles. The normalized spacial score (nSPS) is 9.93. The third kappa shape index (κ3) is 2.39. The maximum absolute atomic E-state index is 5.63. The molecule has 0 amide bonds. The summed E-state index contributed by atoms with van der Waals surface area (Å²) in [6.07, 6.45) is 0.995. The lowest BCUT2D eigenvalue weighted by molar-refractivity contribution is -0.386. The van der Waals surface area contributed by atoms with Crippen LogP contribution in [0.15, 0.2) is 18.2 Å². The minimum Gasteiger partial charge on any atom is -0.493 e. The zero-order chi connectivity index (χ0) is 10.4. The second-order valence-corrected chi connectivity index (χ2v) is 3.05. The van der Waals surface area contributed by atoms with Crippen molar-refractivity contribution in [3.05, 3.63) is 23.8 Å². The van der Waals surface area contributed by atoms with Gasteiger partial charge in [0.05, 0.1) is 19.3 Å². The lowest BCUT2D eigenvalue weighted by atomic mass is 10.2. The van der Waals surface area contributed by atoms with Crippen molar-refractivity contribution in [1.29, 1.82) is 0 Å². The van der Waals surface area contributed by atoms with Crippen LogP contribution in [0, 0.1) is 0 Å². The first-order valence-corrected chi connectivity index (χ1v) is 4.91. The Morgan fingerprint density at radius 3 is 2.71 bits per heavy atom. The van der Waals surface area contributed by atoms with Gasteiger partial charge in [-0.15, -0.1) is 0 Å². The summed E-state index contributed by atoms with van der Waals surface area (Å²) in [5, 5.41) is 0. The molecule has 0 saturated carbocycles. The fourth-order valence-corrected chi connectivity index (χ4v) is 1.29. The molecule has 1 rings (SSSR count). The van der Waals surface area contributed by atoms with Crippen molar-refractivity contribution in [2.45, 2.75) is 19.9 Å². The maximum Gasteiger partial charge on any atom is 0.169 e. The number of hydrogen-bond acceptors (Lipinski definition) is 2. The molecule has 3 nitrogen and oxygen atoms in total. The van der Waals surface area contributed by atoms with Crippen molar-refractivity contribution in [3.63, 3.8) is 0 Å². The molecule has 14 heavy (non-hydrogen) atoms. The van der Waals surface area contributed by atoms with Gasteiger partial charge in [-0.25, -0.2) is 0 Å². The molecule has 0 heterocycles. The lowest BCUT2D eigenvalue weighted by Crippen LogP contribution is -2.47. The first kappa shape index (κ1) is 10.9. The molecule has 3 heteroatoms. The van der Waals surface area contributed by atoms with Crippen LogP contribution >= 0.6 is 0 Å². The van der Waals surface area contributed by atoms with Gasteiger partial charge in [-0.05, 0) is 18.6 Å². The predicted molar refractivity (Wildman–Crippen MR) is 55.4 cm³/mol. The molecule has 0 unspecified atom stereocenters. The van der Waals surface area contributed by atoms with Crippen LogP contribution in [0.2, 0.25) is 0 Å². The van der Waals surface area contributed by atoms with E-state index in [1.807, 2.05) is 18.2 Å². The van der Waals surface area contributed by atoms with Crippen molar-refractivity contribution in [1.82, 2.24) is 0 Å². The van der Waals surface area contributed by atoms with E-state index in [0.717, 1.165) is 30.0 Å². The molecule has 1 aromatic carbocycles. The Morgan fingerprint density at radius 2 is 2.14 bits per heavy atom. The zero-order valence-corrected chi connectivity index (χ0v) is 8.88. The number of ether oxygens (including phenoxy) is 2. The van der Waals surface area contributed by atoms with E-state index in [4.69, 9.17) is 9.47 Å². The molecule has 3 N–H and O–H groups in total. The third-order valence-electron chi connectivity index (χ3n) is 2.00. The number of quaternary nitrogens is 1. The van der Waals surface area contributed by atoms with E-state index in [-0.39, 0.29) is 0 Å². The van der Waals surface area contributed by atoms with Crippen LogP contribution in [0.5, 0.6) is 11.5 Å². The molecular formula is C11H18NO2+. The minimum atomic E-state index is 0.716. The van der Waals surface area contributed by atoms with Crippen molar-refractivity contribution < 1.29 is 15.2 Å². The van der Waals surface area contributed by atoms with Crippen LogP contribution in [0.4, 0.5) is 0 Å². The van der Waals surface area contributed by atoms with Gasteiger partial charge in [0.1, 0.15) is 6.54 Å². The second-order valence-electron chi connectivity index (χ2n) is 3.05. The largest absolute Gasteiger partial charge is 0.493 e. The number of hydrogen-bond donors (Lipinski definition) is 1. The Labute approximate surface area is 84.8 Å². The van der Waals surface area contributed by atoms with Crippen LogP contribution < -0.4 is 15.2 Å². The summed E-state index contributed by atoms with van der Waals surface area (Å²) in [5.41, 5.74) is 4.96. The molecule has 0 spiro atoms.